The maximum absolute atomic E-state index is 12.3. The van der Waals surface area contributed by atoms with Crippen molar-refractivity contribution in [2.24, 2.45) is 5.41 Å². The first-order chi connectivity index (χ1) is 10.0. The van der Waals surface area contributed by atoms with Crippen molar-refractivity contribution in [1.29, 1.82) is 5.26 Å². The van der Waals surface area contributed by atoms with Gasteiger partial charge >= 0.3 is 0 Å². The van der Waals surface area contributed by atoms with Gasteiger partial charge in [-0.25, -0.2) is 13.1 Å². The molecule has 1 aromatic rings. The lowest BCUT2D eigenvalue weighted by atomic mass is 9.84. The summed E-state index contributed by atoms with van der Waals surface area (Å²) < 4.78 is 27.4. The number of nitriles is 1. The van der Waals surface area contributed by atoms with Crippen LogP contribution in [0.4, 0.5) is 0 Å². The molecule has 1 N–H and O–H groups in total. The Hall–Kier alpha value is -1.38. The molecule has 0 heterocycles. The quantitative estimate of drug-likeness (QED) is 0.878. The van der Waals surface area contributed by atoms with Gasteiger partial charge in [-0.2, -0.15) is 5.26 Å². The summed E-state index contributed by atoms with van der Waals surface area (Å²) in [6.45, 7) is 2.65. The molecule has 0 aliphatic heterocycles. The summed E-state index contributed by atoms with van der Waals surface area (Å²) >= 11 is 0. The molecule has 0 aromatic heterocycles. The summed E-state index contributed by atoms with van der Waals surface area (Å²) in [6.07, 6.45) is 5.90. The van der Waals surface area contributed by atoms with E-state index in [4.69, 9.17) is 5.26 Å². The molecule has 1 aliphatic rings. The smallest absolute Gasteiger partial charge is 0.211 e. The van der Waals surface area contributed by atoms with Gasteiger partial charge in [-0.05, 0) is 42.4 Å². The van der Waals surface area contributed by atoms with E-state index in [9.17, 15) is 8.42 Å². The molecule has 0 unspecified atom stereocenters. The molecule has 21 heavy (non-hydrogen) atoms. The zero-order valence-electron chi connectivity index (χ0n) is 12.4. The van der Waals surface area contributed by atoms with Gasteiger partial charge in [-0.15, -0.1) is 0 Å². The highest BCUT2D eigenvalue weighted by molar-refractivity contribution is 7.89. The number of hydrogen-bond donors (Lipinski definition) is 1. The number of sulfonamides is 1. The molecule has 114 valence electrons. The van der Waals surface area contributed by atoms with Crippen LogP contribution < -0.4 is 4.72 Å². The summed E-state index contributed by atoms with van der Waals surface area (Å²) in [5, 5.41) is 8.63. The molecule has 4 nitrogen and oxygen atoms in total. The molecule has 0 spiro atoms. The van der Waals surface area contributed by atoms with Crippen molar-refractivity contribution in [1.82, 2.24) is 4.72 Å². The molecule has 5 heteroatoms. The van der Waals surface area contributed by atoms with Gasteiger partial charge < -0.3 is 0 Å². The Kier molecular flexibility index (Phi) is 5.02. The molecule has 1 aromatic carbocycles. The van der Waals surface area contributed by atoms with Crippen LogP contribution in [0.5, 0.6) is 0 Å². The molecule has 0 atom stereocenters. The van der Waals surface area contributed by atoms with E-state index in [1.54, 1.807) is 24.3 Å². The van der Waals surface area contributed by atoms with E-state index >= 15 is 0 Å². The first-order valence-electron chi connectivity index (χ1n) is 7.47. The van der Waals surface area contributed by atoms with Crippen LogP contribution in [0.3, 0.4) is 0 Å². The molecule has 0 radical (unpaired) electrons. The zero-order chi connectivity index (χ0) is 15.3. The molecule has 0 bridgehead atoms. The lowest BCUT2D eigenvalue weighted by Gasteiger charge is -2.27. The predicted octanol–water partition coefficient (Wildman–Crippen LogP) is 3.00. The summed E-state index contributed by atoms with van der Waals surface area (Å²) in [7, 11) is -3.46. The van der Waals surface area contributed by atoms with Crippen LogP contribution in [0.25, 0.3) is 0 Å². The molecule has 1 fully saturated rings. The lowest BCUT2D eigenvalue weighted by molar-refractivity contribution is 0.285. The summed E-state index contributed by atoms with van der Waals surface area (Å²) in [5.41, 5.74) is 0.964. The minimum absolute atomic E-state index is 0.133. The zero-order valence-corrected chi connectivity index (χ0v) is 13.2. The molecular weight excluding hydrogens is 284 g/mol. The second-order valence-electron chi connectivity index (χ2n) is 5.86. The highest BCUT2D eigenvalue weighted by Gasteiger charge is 2.33. The number of nitrogens with one attached hydrogen (secondary N) is 1. The van der Waals surface area contributed by atoms with Gasteiger partial charge in [0.2, 0.25) is 10.0 Å². The lowest BCUT2D eigenvalue weighted by Crippen LogP contribution is -2.35. The van der Waals surface area contributed by atoms with Gasteiger partial charge in [0.25, 0.3) is 0 Å². The van der Waals surface area contributed by atoms with Crippen LogP contribution in [0, 0.1) is 16.7 Å². The Morgan fingerprint density at radius 2 is 1.86 bits per heavy atom. The van der Waals surface area contributed by atoms with E-state index in [1.807, 2.05) is 0 Å². The van der Waals surface area contributed by atoms with E-state index in [1.165, 1.54) is 12.8 Å². The van der Waals surface area contributed by atoms with Crippen LogP contribution in [-0.2, 0) is 16.4 Å². The Bertz CT molecular complexity index is 609. The number of benzene rings is 1. The molecule has 1 saturated carbocycles. The summed E-state index contributed by atoms with van der Waals surface area (Å²) in [4.78, 5) is 0.272. The van der Waals surface area contributed by atoms with Gasteiger partial charge in [-0.1, -0.05) is 31.9 Å². The van der Waals surface area contributed by atoms with Crippen molar-refractivity contribution >= 4 is 10.0 Å². The summed E-state index contributed by atoms with van der Waals surface area (Å²) in [6, 6.07) is 8.59. The molecule has 0 amide bonds. The molecule has 1 aliphatic carbocycles. The number of hydrogen-bond acceptors (Lipinski definition) is 3. The normalized spacial score (nSPS) is 17.5. The topological polar surface area (TPSA) is 70.0 Å². The van der Waals surface area contributed by atoms with Crippen LogP contribution in [0.1, 0.15) is 44.6 Å². The number of rotatable bonds is 6. The summed E-state index contributed by atoms with van der Waals surface area (Å²) in [5.74, 6) is 0. The van der Waals surface area contributed by atoms with Crippen molar-refractivity contribution in [2.45, 2.75) is 50.3 Å². The Labute approximate surface area is 127 Å². The van der Waals surface area contributed by atoms with Crippen molar-refractivity contribution < 1.29 is 8.42 Å². The molecule has 2 rings (SSSR count). The third-order valence-electron chi connectivity index (χ3n) is 4.57. The van der Waals surface area contributed by atoms with Gasteiger partial charge in [-0.3, -0.25) is 0 Å². The largest absolute Gasteiger partial charge is 0.240 e. The van der Waals surface area contributed by atoms with Crippen molar-refractivity contribution in [3.63, 3.8) is 0 Å². The fourth-order valence-electron chi connectivity index (χ4n) is 2.99. The second kappa shape index (κ2) is 6.59. The minimum Gasteiger partial charge on any atom is -0.211 e. The van der Waals surface area contributed by atoms with Crippen LogP contribution in [0.15, 0.2) is 29.2 Å². The van der Waals surface area contributed by atoms with Crippen LogP contribution >= 0.6 is 0 Å². The fraction of sp³-hybridized carbons (Fsp3) is 0.562. The highest BCUT2D eigenvalue weighted by Crippen LogP contribution is 2.40. The highest BCUT2D eigenvalue weighted by atomic mass is 32.2. The molecular formula is C16H22N2O2S. The SMILES string of the molecule is CCC1(CNS(=O)(=O)c2ccc(CC#N)cc2)CCCC1. The minimum atomic E-state index is -3.46. The van der Waals surface area contributed by atoms with E-state index in [0.29, 0.717) is 13.0 Å². The third kappa shape index (κ3) is 3.84. The Morgan fingerprint density at radius 3 is 2.38 bits per heavy atom. The first kappa shape index (κ1) is 16.0. The number of nitrogens with zero attached hydrogens (tertiary/aromatic N) is 1. The van der Waals surface area contributed by atoms with E-state index < -0.39 is 10.0 Å². The Balaban J connectivity index is 2.06. The van der Waals surface area contributed by atoms with Crippen molar-refractivity contribution in [3.8, 4) is 6.07 Å². The van der Waals surface area contributed by atoms with Gasteiger partial charge in [0, 0.05) is 6.54 Å². The van der Waals surface area contributed by atoms with Crippen molar-refractivity contribution in [2.75, 3.05) is 6.54 Å². The molecule has 0 saturated heterocycles. The van der Waals surface area contributed by atoms with Gasteiger partial charge in [0.05, 0.1) is 17.4 Å². The average molecular weight is 306 g/mol. The van der Waals surface area contributed by atoms with E-state index in [2.05, 4.69) is 17.7 Å². The van der Waals surface area contributed by atoms with E-state index in [-0.39, 0.29) is 10.3 Å². The Morgan fingerprint density at radius 1 is 1.24 bits per heavy atom. The monoisotopic (exact) mass is 306 g/mol. The maximum Gasteiger partial charge on any atom is 0.240 e. The third-order valence-corrected chi connectivity index (χ3v) is 5.99. The van der Waals surface area contributed by atoms with Crippen LogP contribution in [0.2, 0.25) is 0 Å². The average Bonchev–Trinajstić information content (AvgIpc) is 2.96. The standard InChI is InChI=1S/C16H22N2O2S/c1-2-16(10-3-4-11-16)13-18-21(19,20)15-7-5-14(6-8-15)9-12-17/h5-8,18H,2-4,9-11,13H2,1H3. The van der Waals surface area contributed by atoms with Gasteiger partial charge in [0.1, 0.15) is 0 Å². The maximum atomic E-state index is 12.3. The van der Waals surface area contributed by atoms with Gasteiger partial charge in [0.15, 0.2) is 0 Å². The predicted molar refractivity (Wildman–Crippen MR) is 82.1 cm³/mol. The second-order valence-corrected chi connectivity index (χ2v) is 7.63. The van der Waals surface area contributed by atoms with E-state index in [0.717, 1.165) is 24.8 Å². The first-order valence-corrected chi connectivity index (χ1v) is 8.95. The fourth-order valence-corrected chi connectivity index (χ4v) is 4.15. The van der Waals surface area contributed by atoms with Crippen molar-refractivity contribution in [3.05, 3.63) is 29.8 Å². The van der Waals surface area contributed by atoms with Crippen LogP contribution in [-0.4, -0.2) is 15.0 Å².